The van der Waals surface area contributed by atoms with Gasteiger partial charge in [-0.1, -0.05) is 30.3 Å². The zero-order valence-corrected chi connectivity index (χ0v) is 11.9. The molecule has 3 nitrogen and oxygen atoms in total. The number of hydrogen-bond acceptors (Lipinski definition) is 4. The summed E-state index contributed by atoms with van der Waals surface area (Å²) < 4.78 is 0. The highest BCUT2D eigenvalue weighted by molar-refractivity contribution is 7.99. The van der Waals surface area contributed by atoms with E-state index in [-0.39, 0.29) is 0 Å². The fourth-order valence-electron chi connectivity index (χ4n) is 2.02. The summed E-state index contributed by atoms with van der Waals surface area (Å²) >= 11 is 1.78. The van der Waals surface area contributed by atoms with Crippen LogP contribution in [0.2, 0.25) is 0 Å². The molecule has 100 valence electrons. The average molecular weight is 281 g/mol. The van der Waals surface area contributed by atoms with Gasteiger partial charge in [0.05, 0.1) is 5.03 Å². The van der Waals surface area contributed by atoms with E-state index in [1.807, 2.05) is 12.1 Å². The van der Waals surface area contributed by atoms with Gasteiger partial charge in [0, 0.05) is 12.4 Å². The van der Waals surface area contributed by atoms with Crippen LogP contribution in [0, 0.1) is 0 Å². The molecule has 3 aromatic rings. The van der Waals surface area contributed by atoms with Crippen LogP contribution in [0.25, 0.3) is 11.2 Å². The van der Waals surface area contributed by atoms with E-state index < -0.39 is 0 Å². The molecule has 2 heterocycles. The Bertz CT molecular complexity index is 685. The number of rotatable bonds is 5. The number of hydrogen-bond donors (Lipinski definition) is 0. The molecule has 0 spiro atoms. The first-order valence-corrected chi connectivity index (χ1v) is 7.65. The molecule has 0 fully saturated rings. The minimum absolute atomic E-state index is 0.723. The highest BCUT2D eigenvalue weighted by Gasteiger charge is 2.00. The van der Waals surface area contributed by atoms with Gasteiger partial charge in [-0.2, -0.15) is 0 Å². The number of benzene rings is 1. The molecule has 0 aliphatic carbocycles. The van der Waals surface area contributed by atoms with E-state index in [9.17, 15) is 0 Å². The van der Waals surface area contributed by atoms with E-state index in [4.69, 9.17) is 0 Å². The van der Waals surface area contributed by atoms with Crippen molar-refractivity contribution in [1.82, 2.24) is 15.0 Å². The molecule has 0 atom stereocenters. The van der Waals surface area contributed by atoms with E-state index in [1.54, 1.807) is 24.2 Å². The van der Waals surface area contributed by atoms with Crippen molar-refractivity contribution in [1.29, 1.82) is 0 Å². The minimum atomic E-state index is 0.723. The maximum atomic E-state index is 4.51. The molecule has 3 rings (SSSR count). The highest BCUT2D eigenvalue weighted by Crippen LogP contribution is 2.19. The first-order valence-electron chi connectivity index (χ1n) is 6.66. The summed E-state index contributed by atoms with van der Waals surface area (Å²) in [6, 6.07) is 14.6. The highest BCUT2D eigenvalue weighted by atomic mass is 32.2. The second-order valence-corrected chi connectivity index (χ2v) is 5.60. The van der Waals surface area contributed by atoms with Crippen molar-refractivity contribution >= 4 is 22.9 Å². The third-order valence-corrected chi connectivity index (χ3v) is 4.02. The SMILES string of the molecule is c1ccc(CCCSc2ccc3nccnc3n2)cc1. The summed E-state index contributed by atoms with van der Waals surface area (Å²) in [6.45, 7) is 0. The molecule has 0 aliphatic rings. The quantitative estimate of drug-likeness (QED) is 0.527. The molecule has 0 saturated heterocycles. The van der Waals surface area contributed by atoms with Crippen LogP contribution in [0.4, 0.5) is 0 Å². The summed E-state index contributed by atoms with van der Waals surface area (Å²) in [5.41, 5.74) is 2.96. The molecule has 0 unspecified atom stereocenters. The first-order chi connectivity index (χ1) is 9.92. The summed E-state index contributed by atoms with van der Waals surface area (Å²) in [6.07, 6.45) is 5.63. The Balaban J connectivity index is 1.55. The van der Waals surface area contributed by atoms with Gasteiger partial charge in [0.2, 0.25) is 0 Å². The van der Waals surface area contributed by atoms with E-state index in [2.05, 4.69) is 45.3 Å². The lowest BCUT2D eigenvalue weighted by Gasteiger charge is -2.02. The molecular formula is C16H15N3S. The molecule has 2 aromatic heterocycles. The standard InChI is InChI=1S/C16H15N3S/c1-2-5-13(6-3-1)7-4-12-20-15-9-8-14-16(19-15)18-11-10-17-14/h1-3,5-6,8-11H,4,7,12H2. The Kier molecular flexibility index (Phi) is 4.23. The predicted octanol–water partition coefficient (Wildman–Crippen LogP) is 3.75. The zero-order valence-electron chi connectivity index (χ0n) is 11.1. The van der Waals surface area contributed by atoms with Gasteiger partial charge in [0.25, 0.3) is 0 Å². The molecule has 20 heavy (non-hydrogen) atoms. The van der Waals surface area contributed by atoms with Gasteiger partial charge in [-0.15, -0.1) is 11.8 Å². The number of thioether (sulfide) groups is 1. The summed E-state index contributed by atoms with van der Waals surface area (Å²) in [7, 11) is 0. The smallest absolute Gasteiger partial charge is 0.179 e. The molecule has 0 aliphatic heterocycles. The van der Waals surface area contributed by atoms with Crippen molar-refractivity contribution in [2.75, 3.05) is 5.75 Å². The fraction of sp³-hybridized carbons (Fsp3) is 0.188. The Hall–Kier alpha value is -1.94. The fourth-order valence-corrected chi connectivity index (χ4v) is 2.83. The molecule has 4 heteroatoms. The molecule has 1 aromatic carbocycles. The topological polar surface area (TPSA) is 38.7 Å². The normalized spacial score (nSPS) is 10.8. The largest absolute Gasteiger partial charge is 0.251 e. The molecule has 0 bridgehead atoms. The molecule has 0 N–H and O–H groups in total. The molecule has 0 saturated carbocycles. The van der Waals surface area contributed by atoms with Crippen molar-refractivity contribution in [3.63, 3.8) is 0 Å². The third kappa shape index (κ3) is 3.33. The number of pyridine rings is 1. The number of nitrogens with zero attached hydrogens (tertiary/aromatic N) is 3. The second kappa shape index (κ2) is 6.48. The van der Waals surface area contributed by atoms with Gasteiger partial charge >= 0.3 is 0 Å². The zero-order chi connectivity index (χ0) is 13.6. The monoisotopic (exact) mass is 281 g/mol. The van der Waals surface area contributed by atoms with Crippen LogP contribution in [0.1, 0.15) is 12.0 Å². The van der Waals surface area contributed by atoms with Gasteiger partial charge in [-0.05, 0) is 36.3 Å². The van der Waals surface area contributed by atoms with Crippen LogP contribution < -0.4 is 0 Å². The molecular weight excluding hydrogens is 266 g/mol. The van der Waals surface area contributed by atoms with Crippen LogP contribution in [0.15, 0.2) is 59.9 Å². The maximum Gasteiger partial charge on any atom is 0.179 e. The van der Waals surface area contributed by atoms with Crippen molar-refractivity contribution < 1.29 is 0 Å². The van der Waals surface area contributed by atoms with Crippen molar-refractivity contribution in [2.45, 2.75) is 17.9 Å². The van der Waals surface area contributed by atoms with Crippen LogP contribution in [-0.2, 0) is 6.42 Å². The van der Waals surface area contributed by atoms with Crippen molar-refractivity contribution in [3.05, 3.63) is 60.4 Å². The Labute approximate surface area is 122 Å². The predicted molar refractivity (Wildman–Crippen MR) is 82.8 cm³/mol. The summed E-state index contributed by atoms with van der Waals surface area (Å²) in [5, 5.41) is 1.02. The van der Waals surface area contributed by atoms with Gasteiger partial charge < -0.3 is 0 Å². The van der Waals surface area contributed by atoms with Crippen LogP contribution in [-0.4, -0.2) is 20.7 Å². The summed E-state index contributed by atoms with van der Waals surface area (Å²) in [4.78, 5) is 13.0. The van der Waals surface area contributed by atoms with Gasteiger partial charge in [-0.3, -0.25) is 4.98 Å². The van der Waals surface area contributed by atoms with Crippen LogP contribution in [0.3, 0.4) is 0 Å². The maximum absolute atomic E-state index is 4.51. The Morgan fingerprint density at radius 3 is 2.65 bits per heavy atom. The van der Waals surface area contributed by atoms with Gasteiger partial charge in [0.1, 0.15) is 5.52 Å². The van der Waals surface area contributed by atoms with E-state index in [1.165, 1.54) is 5.56 Å². The molecule has 0 radical (unpaired) electrons. The van der Waals surface area contributed by atoms with E-state index in [0.29, 0.717) is 0 Å². The Morgan fingerprint density at radius 2 is 1.75 bits per heavy atom. The number of aromatic nitrogens is 3. The van der Waals surface area contributed by atoms with E-state index in [0.717, 1.165) is 34.8 Å². The van der Waals surface area contributed by atoms with Gasteiger partial charge in [-0.25, -0.2) is 9.97 Å². The van der Waals surface area contributed by atoms with Crippen molar-refractivity contribution in [2.24, 2.45) is 0 Å². The second-order valence-electron chi connectivity index (χ2n) is 4.49. The lowest BCUT2D eigenvalue weighted by Crippen LogP contribution is -1.90. The van der Waals surface area contributed by atoms with Crippen LogP contribution in [0.5, 0.6) is 0 Å². The van der Waals surface area contributed by atoms with Crippen molar-refractivity contribution in [3.8, 4) is 0 Å². The minimum Gasteiger partial charge on any atom is -0.251 e. The van der Waals surface area contributed by atoms with Gasteiger partial charge in [0.15, 0.2) is 5.65 Å². The molecule has 0 amide bonds. The van der Waals surface area contributed by atoms with Crippen LogP contribution >= 0.6 is 11.8 Å². The first kappa shape index (κ1) is 13.1. The van der Waals surface area contributed by atoms with E-state index >= 15 is 0 Å². The number of aryl methyl sites for hydroxylation is 1. The summed E-state index contributed by atoms with van der Waals surface area (Å²) in [5.74, 6) is 1.06. The number of fused-ring (bicyclic) bond motifs is 1. The Morgan fingerprint density at radius 1 is 0.900 bits per heavy atom. The lowest BCUT2D eigenvalue weighted by atomic mass is 10.1. The lowest BCUT2D eigenvalue weighted by molar-refractivity contribution is 0.931. The average Bonchev–Trinajstić information content (AvgIpc) is 2.52. The third-order valence-electron chi connectivity index (χ3n) is 3.01.